The zero-order valence-electron chi connectivity index (χ0n) is 10.3. The maximum absolute atomic E-state index is 11.1. The Labute approximate surface area is 109 Å². The van der Waals surface area contributed by atoms with Crippen LogP contribution in [0.25, 0.3) is 0 Å². The van der Waals surface area contributed by atoms with E-state index in [2.05, 4.69) is 4.74 Å². The van der Waals surface area contributed by atoms with E-state index in [1.807, 2.05) is 6.07 Å². The number of benzene rings is 1. The topological polar surface area (TPSA) is 108 Å². The maximum atomic E-state index is 11.1. The second kappa shape index (κ2) is 6.52. The van der Waals surface area contributed by atoms with Crippen molar-refractivity contribution in [1.82, 2.24) is 0 Å². The molecule has 6 heteroatoms. The summed E-state index contributed by atoms with van der Waals surface area (Å²) in [5.41, 5.74) is 0.867. The third kappa shape index (κ3) is 3.79. The van der Waals surface area contributed by atoms with Gasteiger partial charge < -0.3 is 14.9 Å². The quantitative estimate of drug-likeness (QED) is 0.760. The third-order valence-electron chi connectivity index (χ3n) is 2.63. The number of carbonyl (C=O) groups is 2. The monoisotopic (exact) mass is 263 g/mol. The van der Waals surface area contributed by atoms with Crippen LogP contribution in [-0.2, 0) is 20.7 Å². The van der Waals surface area contributed by atoms with E-state index in [1.54, 1.807) is 0 Å². The number of hydrogen-bond donors (Lipinski definition) is 2. The normalized spacial score (nSPS) is 11.4. The molecule has 0 radical (unpaired) electrons. The number of carboxylic acid groups (broad SMARTS) is 1. The van der Waals surface area contributed by atoms with Gasteiger partial charge >= 0.3 is 11.9 Å². The first-order chi connectivity index (χ1) is 8.99. The number of hydrogen-bond acceptors (Lipinski definition) is 5. The lowest BCUT2D eigenvalue weighted by atomic mass is 9.96. The lowest BCUT2D eigenvalue weighted by Crippen LogP contribution is -2.14. The molecule has 100 valence electrons. The summed E-state index contributed by atoms with van der Waals surface area (Å²) in [5, 5.41) is 27.2. The Morgan fingerprint density at radius 2 is 2.16 bits per heavy atom. The maximum Gasteiger partial charge on any atom is 0.337 e. The molecule has 0 aliphatic carbocycles. The van der Waals surface area contributed by atoms with E-state index in [4.69, 9.17) is 10.4 Å². The van der Waals surface area contributed by atoms with E-state index in [-0.39, 0.29) is 24.0 Å². The number of esters is 1. The molecule has 1 aromatic rings. The standard InChI is InChI=1S/C13H13NO5/c1-19-11(15)5-4-9-3-2-8(7-14)6-10(9)12(16)13(17)18/h2-3,6,12,16H,4-5H2,1H3,(H,17,18). The number of nitriles is 1. The van der Waals surface area contributed by atoms with Crippen LogP contribution in [0.1, 0.15) is 29.2 Å². The highest BCUT2D eigenvalue weighted by molar-refractivity contribution is 5.75. The average molecular weight is 263 g/mol. The van der Waals surface area contributed by atoms with Crippen LogP contribution in [0.3, 0.4) is 0 Å². The Morgan fingerprint density at radius 1 is 1.47 bits per heavy atom. The number of aryl methyl sites for hydroxylation is 1. The number of aliphatic carboxylic acids is 1. The lowest BCUT2D eigenvalue weighted by molar-refractivity contribution is -0.147. The van der Waals surface area contributed by atoms with Crippen LogP contribution in [0.15, 0.2) is 18.2 Å². The zero-order chi connectivity index (χ0) is 14.4. The number of carbonyl (C=O) groups excluding carboxylic acids is 1. The molecule has 1 atom stereocenters. The van der Waals surface area contributed by atoms with Gasteiger partial charge in [-0.25, -0.2) is 4.79 Å². The van der Waals surface area contributed by atoms with Crippen molar-refractivity contribution >= 4 is 11.9 Å². The highest BCUT2D eigenvalue weighted by Crippen LogP contribution is 2.21. The van der Waals surface area contributed by atoms with Crippen molar-refractivity contribution in [2.45, 2.75) is 18.9 Å². The summed E-state index contributed by atoms with van der Waals surface area (Å²) in [4.78, 5) is 21.9. The van der Waals surface area contributed by atoms with Gasteiger partial charge in [0.05, 0.1) is 18.7 Å². The molecule has 0 bridgehead atoms. The van der Waals surface area contributed by atoms with Crippen LogP contribution in [-0.4, -0.2) is 29.3 Å². The Bertz CT molecular complexity index is 532. The van der Waals surface area contributed by atoms with E-state index in [0.717, 1.165) is 0 Å². The predicted octanol–water partition coefficient (Wildman–Crippen LogP) is 0.782. The highest BCUT2D eigenvalue weighted by Gasteiger charge is 2.20. The van der Waals surface area contributed by atoms with Crippen LogP contribution in [0, 0.1) is 11.3 Å². The van der Waals surface area contributed by atoms with Gasteiger partial charge in [0, 0.05) is 6.42 Å². The van der Waals surface area contributed by atoms with E-state index in [1.165, 1.54) is 25.3 Å². The lowest BCUT2D eigenvalue weighted by Gasteiger charge is -2.12. The molecule has 1 aromatic carbocycles. The fraction of sp³-hybridized carbons (Fsp3) is 0.308. The summed E-state index contributed by atoms with van der Waals surface area (Å²) in [6, 6.07) is 6.22. The summed E-state index contributed by atoms with van der Waals surface area (Å²) in [7, 11) is 1.26. The van der Waals surface area contributed by atoms with Gasteiger partial charge in [-0.05, 0) is 29.7 Å². The molecule has 2 N–H and O–H groups in total. The number of ether oxygens (including phenoxy) is 1. The first-order valence-corrected chi connectivity index (χ1v) is 5.50. The van der Waals surface area contributed by atoms with Gasteiger partial charge in [0.1, 0.15) is 0 Å². The largest absolute Gasteiger partial charge is 0.479 e. The summed E-state index contributed by atoms with van der Waals surface area (Å²) in [6.07, 6.45) is -1.42. The highest BCUT2D eigenvalue weighted by atomic mass is 16.5. The number of methoxy groups -OCH3 is 1. The molecule has 0 amide bonds. The Balaban J connectivity index is 3.06. The Morgan fingerprint density at radius 3 is 2.68 bits per heavy atom. The molecule has 0 saturated heterocycles. The van der Waals surface area contributed by atoms with Crippen molar-refractivity contribution in [2.24, 2.45) is 0 Å². The van der Waals surface area contributed by atoms with Gasteiger partial charge in [0.25, 0.3) is 0 Å². The van der Waals surface area contributed by atoms with E-state index in [0.29, 0.717) is 5.56 Å². The second-order valence-electron chi connectivity index (χ2n) is 3.84. The molecule has 0 saturated carbocycles. The minimum absolute atomic E-state index is 0.0712. The smallest absolute Gasteiger partial charge is 0.337 e. The molecule has 1 rings (SSSR count). The Kier molecular flexibility index (Phi) is 5.03. The van der Waals surface area contributed by atoms with Crippen LogP contribution >= 0.6 is 0 Å². The van der Waals surface area contributed by atoms with Crippen LogP contribution in [0.2, 0.25) is 0 Å². The van der Waals surface area contributed by atoms with Gasteiger partial charge in [0.15, 0.2) is 6.10 Å². The number of aliphatic hydroxyl groups excluding tert-OH is 1. The molecule has 0 fully saturated rings. The number of rotatable bonds is 5. The molecule has 6 nitrogen and oxygen atoms in total. The van der Waals surface area contributed by atoms with Crippen LogP contribution < -0.4 is 0 Å². The molecule has 0 heterocycles. The summed E-state index contributed by atoms with van der Waals surface area (Å²) >= 11 is 0. The third-order valence-corrected chi connectivity index (χ3v) is 2.63. The van der Waals surface area contributed by atoms with Crippen LogP contribution in [0.4, 0.5) is 0 Å². The predicted molar refractivity (Wildman–Crippen MR) is 64.1 cm³/mol. The van der Waals surface area contributed by atoms with Gasteiger partial charge in [-0.3, -0.25) is 4.79 Å². The van der Waals surface area contributed by atoms with E-state index in [9.17, 15) is 14.7 Å². The molecule has 0 spiro atoms. The summed E-state index contributed by atoms with van der Waals surface area (Å²) in [6.45, 7) is 0. The molecule has 0 aromatic heterocycles. The van der Waals surface area contributed by atoms with Gasteiger partial charge in [-0.15, -0.1) is 0 Å². The molecule has 0 aliphatic heterocycles. The van der Waals surface area contributed by atoms with Gasteiger partial charge in [0.2, 0.25) is 0 Å². The fourth-order valence-corrected chi connectivity index (χ4v) is 1.62. The van der Waals surface area contributed by atoms with Crippen molar-refractivity contribution in [2.75, 3.05) is 7.11 Å². The minimum atomic E-state index is -1.72. The molecule has 0 aliphatic rings. The van der Waals surface area contributed by atoms with Crippen molar-refractivity contribution in [3.63, 3.8) is 0 Å². The van der Waals surface area contributed by atoms with Crippen molar-refractivity contribution < 1.29 is 24.5 Å². The number of carboxylic acids is 1. The first kappa shape index (κ1) is 14.7. The molecule has 1 unspecified atom stereocenters. The van der Waals surface area contributed by atoms with Crippen molar-refractivity contribution in [3.05, 3.63) is 34.9 Å². The summed E-state index contributed by atoms with van der Waals surface area (Å²) in [5.74, 6) is -1.84. The van der Waals surface area contributed by atoms with Crippen LogP contribution in [0.5, 0.6) is 0 Å². The van der Waals surface area contributed by atoms with Gasteiger partial charge in [-0.2, -0.15) is 5.26 Å². The number of aliphatic hydroxyl groups is 1. The second-order valence-corrected chi connectivity index (χ2v) is 3.84. The first-order valence-electron chi connectivity index (χ1n) is 5.50. The zero-order valence-corrected chi connectivity index (χ0v) is 10.3. The minimum Gasteiger partial charge on any atom is -0.479 e. The van der Waals surface area contributed by atoms with E-state index >= 15 is 0 Å². The SMILES string of the molecule is COC(=O)CCc1ccc(C#N)cc1C(O)C(=O)O. The molecule has 19 heavy (non-hydrogen) atoms. The van der Waals surface area contributed by atoms with Crippen molar-refractivity contribution in [3.8, 4) is 6.07 Å². The molecular weight excluding hydrogens is 250 g/mol. The average Bonchev–Trinajstić information content (AvgIpc) is 2.43. The number of nitrogens with zero attached hydrogens (tertiary/aromatic N) is 1. The Hall–Kier alpha value is -2.39. The fourth-order valence-electron chi connectivity index (χ4n) is 1.62. The molecular formula is C13H13NO5. The van der Waals surface area contributed by atoms with E-state index < -0.39 is 18.0 Å². The van der Waals surface area contributed by atoms with Crippen molar-refractivity contribution in [1.29, 1.82) is 5.26 Å². The van der Waals surface area contributed by atoms with Gasteiger partial charge in [-0.1, -0.05) is 6.07 Å². The summed E-state index contributed by atoms with van der Waals surface area (Å²) < 4.78 is 4.49.